The maximum atomic E-state index is 13.3. The Hall–Kier alpha value is -4.03. The van der Waals surface area contributed by atoms with Crippen molar-refractivity contribution in [3.8, 4) is 10.4 Å². The molecule has 0 fully saturated rings. The van der Waals surface area contributed by atoms with Crippen LogP contribution in [0.25, 0.3) is 20.7 Å². The van der Waals surface area contributed by atoms with Gasteiger partial charge in [0, 0.05) is 10.6 Å². The first-order valence-corrected chi connectivity index (χ1v) is 11.5. The van der Waals surface area contributed by atoms with Crippen molar-refractivity contribution in [2.75, 3.05) is 16.8 Å². The van der Waals surface area contributed by atoms with Gasteiger partial charge >= 0.3 is 0 Å². The molecular weight excluding hydrogens is 428 g/mol. The number of para-hydroxylation sites is 1. The summed E-state index contributed by atoms with van der Waals surface area (Å²) >= 11 is 1.62. The molecule has 162 valence electrons. The second-order valence-corrected chi connectivity index (χ2v) is 8.60. The SMILES string of the molecule is O=C(CNc1ncnc2sc(-c3ccccc3)cc12)N(Cc1ccccc1)c1ccccc1. The normalized spacial score (nSPS) is 10.8. The van der Waals surface area contributed by atoms with Gasteiger partial charge in [-0.05, 0) is 29.3 Å². The highest BCUT2D eigenvalue weighted by Gasteiger charge is 2.17. The Morgan fingerprint density at radius 1 is 0.848 bits per heavy atom. The van der Waals surface area contributed by atoms with Gasteiger partial charge in [-0.3, -0.25) is 4.79 Å². The molecule has 0 aliphatic heterocycles. The van der Waals surface area contributed by atoms with Crippen molar-refractivity contribution >= 4 is 39.0 Å². The predicted octanol–water partition coefficient (Wildman–Crippen LogP) is 6.00. The minimum Gasteiger partial charge on any atom is -0.360 e. The number of nitrogens with zero attached hydrogens (tertiary/aromatic N) is 3. The number of hydrogen-bond donors (Lipinski definition) is 1. The molecule has 0 aliphatic rings. The molecule has 2 aromatic heterocycles. The van der Waals surface area contributed by atoms with Crippen LogP contribution >= 0.6 is 11.3 Å². The second kappa shape index (κ2) is 9.63. The van der Waals surface area contributed by atoms with Gasteiger partial charge in [0.05, 0.1) is 18.5 Å². The summed E-state index contributed by atoms with van der Waals surface area (Å²) in [7, 11) is 0. The van der Waals surface area contributed by atoms with Crippen LogP contribution in [0, 0.1) is 0 Å². The van der Waals surface area contributed by atoms with Crippen LogP contribution < -0.4 is 10.2 Å². The van der Waals surface area contributed by atoms with E-state index in [4.69, 9.17) is 0 Å². The number of aromatic nitrogens is 2. The van der Waals surface area contributed by atoms with Crippen LogP contribution in [0.1, 0.15) is 5.56 Å². The lowest BCUT2D eigenvalue weighted by Crippen LogP contribution is -2.35. The number of rotatable bonds is 7. The lowest BCUT2D eigenvalue weighted by molar-refractivity contribution is -0.117. The molecular formula is C27H22N4OS. The molecule has 0 bridgehead atoms. The molecule has 0 spiro atoms. The van der Waals surface area contributed by atoms with E-state index in [1.165, 1.54) is 0 Å². The van der Waals surface area contributed by atoms with Gasteiger partial charge in [0.1, 0.15) is 17.0 Å². The number of fused-ring (bicyclic) bond motifs is 1. The molecule has 2 heterocycles. The molecule has 0 atom stereocenters. The topological polar surface area (TPSA) is 58.1 Å². The number of hydrogen-bond acceptors (Lipinski definition) is 5. The Bertz CT molecular complexity index is 1350. The van der Waals surface area contributed by atoms with Crippen LogP contribution in [0.15, 0.2) is 103 Å². The third-order valence-corrected chi connectivity index (χ3v) is 6.44. The molecule has 5 nitrogen and oxygen atoms in total. The first-order chi connectivity index (χ1) is 16.3. The van der Waals surface area contributed by atoms with Gasteiger partial charge in [0.15, 0.2) is 0 Å². The molecule has 0 unspecified atom stereocenters. The van der Waals surface area contributed by atoms with E-state index in [0.717, 1.165) is 31.9 Å². The van der Waals surface area contributed by atoms with Crippen LogP contribution in [0.2, 0.25) is 0 Å². The van der Waals surface area contributed by atoms with Crippen molar-refractivity contribution in [3.05, 3.63) is 109 Å². The predicted molar refractivity (Wildman–Crippen MR) is 135 cm³/mol. The molecule has 0 aliphatic carbocycles. The number of thiophene rings is 1. The standard InChI is InChI=1S/C27H22N4OS/c32-25(31(22-14-8-3-9-15-22)18-20-10-4-1-5-11-20)17-28-26-23-16-24(21-12-6-2-7-13-21)33-27(23)30-19-29-26/h1-16,19H,17-18H2,(H,28,29,30). The molecule has 5 rings (SSSR count). The zero-order valence-corrected chi connectivity index (χ0v) is 18.7. The second-order valence-electron chi connectivity index (χ2n) is 7.57. The molecule has 3 aromatic carbocycles. The Labute approximate surface area is 196 Å². The highest BCUT2D eigenvalue weighted by atomic mass is 32.1. The maximum absolute atomic E-state index is 13.3. The summed E-state index contributed by atoms with van der Waals surface area (Å²) in [5.41, 5.74) is 3.08. The number of carbonyl (C=O) groups is 1. The van der Waals surface area contributed by atoms with E-state index < -0.39 is 0 Å². The molecule has 0 radical (unpaired) electrons. The Morgan fingerprint density at radius 3 is 2.24 bits per heavy atom. The van der Waals surface area contributed by atoms with Crippen molar-refractivity contribution in [1.82, 2.24) is 9.97 Å². The van der Waals surface area contributed by atoms with Crippen molar-refractivity contribution in [3.63, 3.8) is 0 Å². The van der Waals surface area contributed by atoms with Crippen molar-refractivity contribution in [2.24, 2.45) is 0 Å². The molecule has 1 N–H and O–H groups in total. The summed E-state index contributed by atoms with van der Waals surface area (Å²) in [6.07, 6.45) is 1.54. The number of amides is 1. The van der Waals surface area contributed by atoms with E-state index in [-0.39, 0.29) is 12.5 Å². The first-order valence-electron chi connectivity index (χ1n) is 10.7. The summed E-state index contributed by atoms with van der Waals surface area (Å²) in [5, 5.41) is 4.17. The summed E-state index contributed by atoms with van der Waals surface area (Å²) in [6, 6.07) is 32.0. The van der Waals surface area contributed by atoms with E-state index >= 15 is 0 Å². The molecule has 0 saturated heterocycles. The van der Waals surface area contributed by atoms with E-state index in [2.05, 4.69) is 33.5 Å². The minimum absolute atomic E-state index is 0.0321. The molecule has 33 heavy (non-hydrogen) atoms. The van der Waals surface area contributed by atoms with Crippen molar-refractivity contribution in [2.45, 2.75) is 6.54 Å². The molecule has 5 aromatic rings. The van der Waals surface area contributed by atoms with E-state index in [9.17, 15) is 4.79 Å². The fraction of sp³-hybridized carbons (Fsp3) is 0.0741. The van der Waals surface area contributed by atoms with Gasteiger partial charge in [-0.25, -0.2) is 9.97 Å². The number of anilines is 2. The van der Waals surface area contributed by atoms with Crippen LogP contribution in [0.4, 0.5) is 11.5 Å². The third-order valence-electron chi connectivity index (χ3n) is 5.35. The van der Waals surface area contributed by atoms with E-state index in [1.54, 1.807) is 22.6 Å². The number of carbonyl (C=O) groups excluding carboxylic acids is 1. The quantitative estimate of drug-likeness (QED) is 0.330. The molecule has 0 saturated carbocycles. The van der Waals surface area contributed by atoms with Crippen molar-refractivity contribution < 1.29 is 4.79 Å². The van der Waals surface area contributed by atoms with Gasteiger partial charge in [-0.2, -0.15) is 0 Å². The fourth-order valence-electron chi connectivity index (χ4n) is 3.69. The highest BCUT2D eigenvalue weighted by molar-refractivity contribution is 7.21. The summed E-state index contributed by atoms with van der Waals surface area (Å²) in [6.45, 7) is 0.630. The highest BCUT2D eigenvalue weighted by Crippen LogP contribution is 2.34. The number of nitrogens with one attached hydrogen (secondary N) is 1. The summed E-state index contributed by atoms with van der Waals surface area (Å²) < 4.78 is 0. The minimum atomic E-state index is -0.0321. The van der Waals surface area contributed by atoms with Gasteiger partial charge < -0.3 is 10.2 Å². The van der Waals surface area contributed by atoms with E-state index in [1.807, 2.05) is 78.9 Å². The monoisotopic (exact) mass is 450 g/mol. The Balaban J connectivity index is 1.38. The average Bonchev–Trinajstić information content (AvgIpc) is 3.33. The zero-order valence-electron chi connectivity index (χ0n) is 17.9. The van der Waals surface area contributed by atoms with Gasteiger partial charge in [-0.15, -0.1) is 11.3 Å². The van der Waals surface area contributed by atoms with Gasteiger partial charge in [0.2, 0.25) is 5.91 Å². The molecule has 1 amide bonds. The third kappa shape index (κ3) is 4.76. The lowest BCUT2D eigenvalue weighted by Gasteiger charge is -2.23. The largest absolute Gasteiger partial charge is 0.360 e. The van der Waals surface area contributed by atoms with Crippen LogP contribution in [-0.2, 0) is 11.3 Å². The van der Waals surface area contributed by atoms with Crippen molar-refractivity contribution in [1.29, 1.82) is 0 Å². The first kappa shape index (κ1) is 20.8. The Morgan fingerprint density at radius 2 is 1.52 bits per heavy atom. The van der Waals surface area contributed by atoms with Gasteiger partial charge in [0.25, 0.3) is 0 Å². The zero-order chi connectivity index (χ0) is 22.5. The fourth-order valence-corrected chi connectivity index (χ4v) is 4.70. The van der Waals surface area contributed by atoms with E-state index in [0.29, 0.717) is 12.4 Å². The number of benzene rings is 3. The summed E-state index contributed by atoms with van der Waals surface area (Å²) in [5.74, 6) is 0.634. The smallest absolute Gasteiger partial charge is 0.246 e. The summed E-state index contributed by atoms with van der Waals surface area (Å²) in [4.78, 5) is 26.0. The lowest BCUT2D eigenvalue weighted by atomic mass is 10.2. The van der Waals surface area contributed by atoms with Crippen LogP contribution in [-0.4, -0.2) is 22.4 Å². The average molecular weight is 451 g/mol. The maximum Gasteiger partial charge on any atom is 0.246 e. The van der Waals surface area contributed by atoms with Gasteiger partial charge in [-0.1, -0.05) is 78.9 Å². The Kier molecular flexibility index (Phi) is 6.08. The molecule has 6 heteroatoms. The van der Waals surface area contributed by atoms with Crippen LogP contribution in [0.5, 0.6) is 0 Å². The van der Waals surface area contributed by atoms with Crippen LogP contribution in [0.3, 0.4) is 0 Å².